The van der Waals surface area contributed by atoms with Crippen molar-refractivity contribution in [2.45, 2.75) is 31.7 Å². The van der Waals surface area contributed by atoms with Crippen LogP contribution >= 0.6 is 0 Å². The van der Waals surface area contributed by atoms with Gasteiger partial charge in [-0.15, -0.1) is 0 Å². The lowest BCUT2D eigenvalue weighted by molar-refractivity contribution is 0.341. The molecule has 3 heteroatoms. The first-order valence-corrected chi connectivity index (χ1v) is 5.06. The molecular weight excluding hydrogens is 162 g/mol. The van der Waals surface area contributed by atoms with Crippen LogP contribution in [0.25, 0.3) is 0 Å². The van der Waals surface area contributed by atoms with E-state index in [-0.39, 0.29) is 0 Å². The van der Waals surface area contributed by atoms with E-state index in [4.69, 9.17) is 0 Å². The molecule has 1 aliphatic carbocycles. The third kappa shape index (κ3) is 2.10. The van der Waals surface area contributed by atoms with Gasteiger partial charge in [0.2, 0.25) is 0 Å². The van der Waals surface area contributed by atoms with E-state index in [9.17, 15) is 0 Å². The van der Waals surface area contributed by atoms with Crippen LogP contribution < -0.4 is 5.32 Å². The Morgan fingerprint density at radius 3 is 3.00 bits per heavy atom. The average Bonchev–Trinajstić information content (AvgIpc) is 2.42. The highest BCUT2D eigenvalue weighted by Crippen LogP contribution is 2.17. The summed E-state index contributed by atoms with van der Waals surface area (Å²) in [5.41, 5.74) is 1.31. The predicted octanol–water partition coefficient (Wildman–Crippen LogP) is 1.10. The maximum atomic E-state index is 4.14. The molecule has 1 heterocycles. The topological polar surface area (TPSA) is 29.9 Å². The van der Waals surface area contributed by atoms with Crippen molar-refractivity contribution in [2.75, 3.05) is 6.54 Å². The number of rotatable bonds is 4. The molecule has 1 aromatic rings. The van der Waals surface area contributed by atoms with Gasteiger partial charge in [-0.2, -0.15) is 5.10 Å². The number of nitrogens with one attached hydrogen (secondary N) is 1. The van der Waals surface area contributed by atoms with Crippen LogP contribution in [0.5, 0.6) is 0 Å². The van der Waals surface area contributed by atoms with Gasteiger partial charge in [-0.1, -0.05) is 6.42 Å². The van der Waals surface area contributed by atoms with Crippen molar-refractivity contribution in [3.8, 4) is 0 Å². The third-order valence-corrected chi connectivity index (χ3v) is 2.84. The van der Waals surface area contributed by atoms with E-state index in [0.717, 1.165) is 19.0 Å². The lowest BCUT2D eigenvalue weighted by Crippen LogP contribution is -2.36. The average molecular weight is 179 g/mol. The molecule has 0 spiro atoms. The smallest absolute Gasteiger partial charge is 0.0492 e. The lowest BCUT2D eigenvalue weighted by Gasteiger charge is -2.26. The Hall–Kier alpha value is -0.830. The molecule has 72 valence electrons. The molecule has 0 bridgehead atoms. The van der Waals surface area contributed by atoms with Crippen molar-refractivity contribution in [3.63, 3.8) is 0 Å². The molecule has 0 amide bonds. The Kier molecular flexibility index (Phi) is 2.64. The summed E-state index contributed by atoms with van der Waals surface area (Å²) in [5, 5.41) is 7.68. The minimum absolute atomic E-state index is 0.799. The SMILES string of the molecule is Cn1nccc1CCNC1CCC1. The van der Waals surface area contributed by atoms with Crippen molar-refractivity contribution < 1.29 is 0 Å². The lowest BCUT2D eigenvalue weighted by atomic mass is 9.93. The van der Waals surface area contributed by atoms with E-state index >= 15 is 0 Å². The normalized spacial score (nSPS) is 17.3. The molecule has 0 atom stereocenters. The first-order chi connectivity index (χ1) is 6.36. The molecule has 1 fully saturated rings. The summed E-state index contributed by atoms with van der Waals surface area (Å²) >= 11 is 0. The van der Waals surface area contributed by atoms with Crippen LogP contribution in [0.3, 0.4) is 0 Å². The Balaban J connectivity index is 1.70. The highest BCUT2D eigenvalue weighted by molar-refractivity contribution is 5.00. The molecule has 0 unspecified atom stereocenters. The van der Waals surface area contributed by atoms with E-state index in [0.29, 0.717) is 0 Å². The second-order valence-corrected chi connectivity index (χ2v) is 3.78. The summed E-state index contributed by atoms with van der Waals surface area (Å²) in [4.78, 5) is 0. The van der Waals surface area contributed by atoms with E-state index in [1.807, 2.05) is 17.9 Å². The molecule has 2 rings (SSSR count). The number of aryl methyl sites for hydroxylation is 1. The third-order valence-electron chi connectivity index (χ3n) is 2.84. The Labute approximate surface area is 79.1 Å². The summed E-state index contributed by atoms with van der Waals surface area (Å²) in [6.07, 6.45) is 7.09. The van der Waals surface area contributed by atoms with Gasteiger partial charge < -0.3 is 5.32 Å². The summed E-state index contributed by atoms with van der Waals surface area (Å²) in [7, 11) is 2.00. The number of hydrogen-bond acceptors (Lipinski definition) is 2. The molecule has 1 aromatic heterocycles. The van der Waals surface area contributed by atoms with Gasteiger partial charge in [0.05, 0.1) is 0 Å². The summed E-state index contributed by atoms with van der Waals surface area (Å²) in [5.74, 6) is 0. The maximum absolute atomic E-state index is 4.14. The van der Waals surface area contributed by atoms with E-state index < -0.39 is 0 Å². The molecule has 0 saturated heterocycles. The van der Waals surface area contributed by atoms with Crippen LogP contribution in [0.1, 0.15) is 25.0 Å². The molecule has 0 aromatic carbocycles. The molecular formula is C10H17N3. The highest BCUT2D eigenvalue weighted by atomic mass is 15.3. The van der Waals surface area contributed by atoms with Crippen LogP contribution in [0, 0.1) is 0 Å². The summed E-state index contributed by atoms with van der Waals surface area (Å²) in [6, 6.07) is 2.89. The van der Waals surface area contributed by atoms with Crippen molar-refractivity contribution in [1.82, 2.24) is 15.1 Å². The number of hydrogen-bond donors (Lipinski definition) is 1. The minimum Gasteiger partial charge on any atom is -0.314 e. The van der Waals surface area contributed by atoms with E-state index in [1.165, 1.54) is 25.0 Å². The van der Waals surface area contributed by atoms with Crippen LogP contribution in [-0.2, 0) is 13.5 Å². The van der Waals surface area contributed by atoms with Crippen LogP contribution in [0.4, 0.5) is 0 Å². The predicted molar refractivity (Wildman–Crippen MR) is 52.6 cm³/mol. The Morgan fingerprint density at radius 1 is 1.62 bits per heavy atom. The zero-order chi connectivity index (χ0) is 9.10. The van der Waals surface area contributed by atoms with E-state index in [2.05, 4.69) is 16.5 Å². The zero-order valence-electron chi connectivity index (χ0n) is 8.16. The minimum atomic E-state index is 0.799. The van der Waals surface area contributed by atoms with Crippen molar-refractivity contribution >= 4 is 0 Å². The van der Waals surface area contributed by atoms with Crippen LogP contribution in [0.2, 0.25) is 0 Å². The molecule has 1 saturated carbocycles. The fourth-order valence-corrected chi connectivity index (χ4v) is 1.66. The Bertz CT molecular complexity index is 263. The van der Waals surface area contributed by atoms with Gasteiger partial charge >= 0.3 is 0 Å². The van der Waals surface area contributed by atoms with Crippen molar-refractivity contribution in [3.05, 3.63) is 18.0 Å². The Morgan fingerprint density at radius 2 is 2.46 bits per heavy atom. The van der Waals surface area contributed by atoms with Crippen molar-refractivity contribution in [2.24, 2.45) is 7.05 Å². The zero-order valence-corrected chi connectivity index (χ0v) is 8.16. The molecule has 1 aliphatic rings. The first-order valence-electron chi connectivity index (χ1n) is 5.06. The van der Waals surface area contributed by atoms with Crippen LogP contribution in [-0.4, -0.2) is 22.4 Å². The summed E-state index contributed by atoms with van der Waals surface area (Å²) in [6.45, 7) is 1.09. The number of nitrogens with zero attached hydrogens (tertiary/aromatic N) is 2. The van der Waals surface area contributed by atoms with Gasteiger partial charge in [-0.25, -0.2) is 0 Å². The second kappa shape index (κ2) is 3.92. The number of aromatic nitrogens is 2. The van der Waals surface area contributed by atoms with Gasteiger partial charge in [-0.3, -0.25) is 4.68 Å². The summed E-state index contributed by atoms with van der Waals surface area (Å²) < 4.78 is 1.95. The largest absolute Gasteiger partial charge is 0.314 e. The van der Waals surface area contributed by atoms with Gasteiger partial charge in [-0.05, 0) is 18.9 Å². The maximum Gasteiger partial charge on any atom is 0.0492 e. The van der Waals surface area contributed by atoms with E-state index in [1.54, 1.807) is 0 Å². The van der Waals surface area contributed by atoms with Gasteiger partial charge in [0.25, 0.3) is 0 Å². The molecule has 3 nitrogen and oxygen atoms in total. The highest BCUT2D eigenvalue weighted by Gasteiger charge is 2.15. The molecule has 13 heavy (non-hydrogen) atoms. The first kappa shape index (κ1) is 8.75. The van der Waals surface area contributed by atoms with Crippen molar-refractivity contribution in [1.29, 1.82) is 0 Å². The fourth-order valence-electron chi connectivity index (χ4n) is 1.66. The van der Waals surface area contributed by atoms with Crippen LogP contribution in [0.15, 0.2) is 12.3 Å². The van der Waals surface area contributed by atoms with Gasteiger partial charge in [0.15, 0.2) is 0 Å². The molecule has 0 radical (unpaired) electrons. The van der Waals surface area contributed by atoms with Gasteiger partial charge in [0, 0.05) is 37.9 Å². The fraction of sp³-hybridized carbons (Fsp3) is 0.700. The monoisotopic (exact) mass is 179 g/mol. The molecule has 0 aliphatic heterocycles. The standard InChI is InChI=1S/C10H17N3/c1-13-10(6-8-12-13)5-7-11-9-3-2-4-9/h6,8-9,11H,2-5,7H2,1H3. The molecule has 1 N–H and O–H groups in total. The second-order valence-electron chi connectivity index (χ2n) is 3.78. The van der Waals surface area contributed by atoms with Gasteiger partial charge in [0.1, 0.15) is 0 Å². The quantitative estimate of drug-likeness (QED) is 0.750.